The van der Waals surface area contributed by atoms with E-state index in [1.54, 1.807) is 0 Å². The SMILES string of the molecule is CC(C)n1c2ccccc2c2cc(C3(N)CCCCC3)ccc21. The predicted octanol–water partition coefficient (Wildman–Crippen LogP) is 5.49. The summed E-state index contributed by atoms with van der Waals surface area (Å²) < 4.78 is 2.44. The second-order valence-electron chi connectivity index (χ2n) is 7.43. The Morgan fingerprint density at radius 2 is 1.61 bits per heavy atom. The van der Waals surface area contributed by atoms with E-state index >= 15 is 0 Å². The molecule has 3 aromatic rings. The van der Waals surface area contributed by atoms with Crippen LogP contribution in [0.3, 0.4) is 0 Å². The van der Waals surface area contributed by atoms with Crippen molar-refractivity contribution < 1.29 is 0 Å². The van der Waals surface area contributed by atoms with Gasteiger partial charge in [0.1, 0.15) is 0 Å². The number of aromatic nitrogens is 1. The van der Waals surface area contributed by atoms with Crippen molar-refractivity contribution >= 4 is 21.8 Å². The number of hydrogen-bond acceptors (Lipinski definition) is 1. The first-order chi connectivity index (χ1) is 11.1. The van der Waals surface area contributed by atoms with Gasteiger partial charge in [-0.2, -0.15) is 0 Å². The van der Waals surface area contributed by atoms with Crippen LogP contribution < -0.4 is 5.73 Å². The van der Waals surface area contributed by atoms with Crippen LogP contribution in [0.1, 0.15) is 57.6 Å². The van der Waals surface area contributed by atoms with Crippen LogP contribution in [0.4, 0.5) is 0 Å². The Morgan fingerprint density at radius 3 is 2.35 bits per heavy atom. The summed E-state index contributed by atoms with van der Waals surface area (Å²) in [5, 5.41) is 2.69. The predicted molar refractivity (Wildman–Crippen MR) is 98.8 cm³/mol. The molecule has 1 aliphatic rings. The monoisotopic (exact) mass is 306 g/mol. The van der Waals surface area contributed by atoms with Crippen molar-refractivity contribution in [1.82, 2.24) is 4.57 Å². The van der Waals surface area contributed by atoms with Crippen molar-refractivity contribution in [2.45, 2.75) is 57.5 Å². The lowest BCUT2D eigenvalue weighted by Crippen LogP contribution is -2.38. The molecule has 1 fully saturated rings. The Labute approximate surface area is 138 Å². The Kier molecular flexibility index (Phi) is 3.46. The molecule has 4 rings (SSSR count). The van der Waals surface area contributed by atoms with Crippen molar-refractivity contribution in [3.05, 3.63) is 48.0 Å². The minimum absolute atomic E-state index is 0.131. The molecule has 2 heteroatoms. The fraction of sp³-hybridized carbons (Fsp3) is 0.429. The summed E-state index contributed by atoms with van der Waals surface area (Å²) in [6.45, 7) is 4.51. The van der Waals surface area contributed by atoms with Crippen LogP contribution in [-0.4, -0.2) is 4.57 Å². The summed E-state index contributed by atoms with van der Waals surface area (Å²) in [5.41, 5.74) is 10.6. The highest BCUT2D eigenvalue weighted by Crippen LogP contribution is 2.38. The number of para-hydroxylation sites is 1. The number of nitrogens with zero attached hydrogens (tertiary/aromatic N) is 1. The fourth-order valence-corrected chi connectivity index (χ4v) is 4.34. The highest BCUT2D eigenvalue weighted by Gasteiger charge is 2.29. The minimum atomic E-state index is -0.131. The molecule has 2 aromatic carbocycles. The van der Waals surface area contributed by atoms with Gasteiger partial charge in [0.2, 0.25) is 0 Å². The molecule has 1 saturated carbocycles. The maximum atomic E-state index is 6.78. The van der Waals surface area contributed by atoms with Crippen LogP contribution in [0.5, 0.6) is 0 Å². The molecule has 0 spiro atoms. The number of hydrogen-bond donors (Lipinski definition) is 1. The van der Waals surface area contributed by atoms with Crippen molar-refractivity contribution in [3.63, 3.8) is 0 Å². The molecule has 0 unspecified atom stereocenters. The van der Waals surface area contributed by atoms with Crippen molar-refractivity contribution in [3.8, 4) is 0 Å². The van der Waals surface area contributed by atoms with Crippen molar-refractivity contribution in [2.75, 3.05) is 0 Å². The average Bonchev–Trinajstić information content (AvgIpc) is 2.89. The van der Waals surface area contributed by atoms with Crippen LogP contribution in [0, 0.1) is 0 Å². The number of fused-ring (bicyclic) bond motifs is 3. The van der Waals surface area contributed by atoms with Gasteiger partial charge < -0.3 is 10.3 Å². The van der Waals surface area contributed by atoms with E-state index in [1.807, 2.05) is 0 Å². The first-order valence-corrected chi connectivity index (χ1v) is 8.92. The second-order valence-corrected chi connectivity index (χ2v) is 7.43. The summed E-state index contributed by atoms with van der Waals surface area (Å²) in [4.78, 5) is 0. The van der Waals surface area contributed by atoms with Gasteiger partial charge in [-0.05, 0) is 50.5 Å². The quantitative estimate of drug-likeness (QED) is 0.666. The van der Waals surface area contributed by atoms with Crippen LogP contribution in [0.15, 0.2) is 42.5 Å². The summed E-state index contributed by atoms with van der Waals surface area (Å²) in [5.74, 6) is 0. The topological polar surface area (TPSA) is 30.9 Å². The zero-order valence-corrected chi connectivity index (χ0v) is 14.2. The first-order valence-electron chi connectivity index (χ1n) is 8.92. The van der Waals surface area contributed by atoms with Gasteiger partial charge in [-0.3, -0.25) is 0 Å². The average molecular weight is 306 g/mol. The zero-order chi connectivity index (χ0) is 16.0. The van der Waals surface area contributed by atoms with E-state index in [4.69, 9.17) is 5.73 Å². The molecule has 23 heavy (non-hydrogen) atoms. The minimum Gasteiger partial charge on any atom is -0.338 e. The Hall–Kier alpha value is -1.80. The summed E-state index contributed by atoms with van der Waals surface area (Å²) in [6, 6.07) is 16.1. The van der Waals surface area contributed by atoms with Gasteiger partial charge in [0.05, 0.1) is 0 Å². The lowest BCUT2D eigenvalue weighted by Gasteiger charge is -2.34. The van der Waals surface area contributed by atoms with E-state index in [1.165, 1.54) is 46.6 Å². The van der Waals surface area contributed by atoms with Gasteiger partial charge in [-0.25, -0.2) is 0 Å². The lowest BCUT2D eigenvalue weighted by atomic mass is 9.77. The summed E-state index contributed by atoms with van der Waals surface area (Å²) in [6.07, 6.45) is 6.06. The molecule has 0 amide bonds. The van der Waals surface area contributed by atoms with Gasteiger partial charge in [-0.15, -0.1) is 0 Å². The van der Waals surface area contributed by atoms with E-state index in [-0.39, 0.29) is 5.54 Å². The molecule has 2 N–H and O–H groups in total. The maximum Gasteiger partial charge on any atom is 0.0494 e. The largest absolute Gasteiger partial charge is 0.338 e. The molecule has 2 nitrogen and oxygen atoms in total. The maximum absolute atomic E-state index is 6.78. The number of benzene rings is 2. The van der Waals surface area contributed by atoms with Gasteiger partial charge in [0.25, 0.3) is 0 Å². The third kappa shape index (κ3) is 2.28. The highest BCUT2D eigenvalue weighted by atomic mass is 15.0. The van der Waals surface area contributed by atoms with Gasteiger partial charge in [0, 0.05) is 33.4 Å². The van der Waals surface area contributed by atoms with E-state index in [2.05, 4.69) is 60.9 Å². The third-order valence-corrected chi connectivity index (χ3v) is 5.55. The zero-order valence-electron chi connectivity index (χ0n) is 14.2. The van der Waals surface area contributed by atoms with E-state index in [0.29, 0.717) is 6.04 Å². The van der Waals surface area contributed by atoms with Crippen LogP contribution >= 0.6 is 0 Å². The summed E-state index contributed by atoms with van der Waals surface area (Å²) in [7, 11) is 0. The molecule has 0 saturated heterocycles. The van der Waals surface area contributed by atoms with Crippen LogP contribution in [-0.2, 0) is 5.54 Å². The smallest absolute Gasteiger partial charge is 0.0494 e. The van der Waals surface area contributed by atoms with Gasteiger partial charge in [-0.1, -0.05) is 43.5 Å². The molecule has 0 atom stereocenters. The van der Waals surface area contributed by atoms with Gasteiger partial charge >= 0.3 is 0 Å². The molecular formula is C21H26N2. The van der Waals surface area contributed by atoms with E-state index in [0.717, 1.165) is 12.8 Å². The molecule has 0 radical (unpaired) electrons. The third-order valence-electron chi connectivity index (χ3n) is 5.55. The highest BCUT2D eigenvalue weighted by molar-refractivity contribution is 6.08. The second kappa shape index (κ2) is 5.38. The number of nitrogens with two attached hydrogens (primary N) is 1. The molecule has 1 aromatic heterocycles. The van der Waals surface area contributed by atoms with E-state index in [9.17, 15) is 0 Å². The normalized spacial score (nSPS) is 18.1. The van der Waals surface area contributed by atoms with Gasteiger partial charge in [0.15, 0.2) is 0 Å². The number of rotatable bonds is 2. The van der Waals surface area contributed by atoms with E-state index < -0.39 is 0 Å². The first kappa shape index (κ1) is 14.8. The van der Waals surface area contributed by atoms with Crippen molar-refractivity contribution in [2.24, 2.45) is 5.73 Å². The summed E-state index contributed by atoms with van der Waals surface area (Å²) >= 11 is 0. The van der Waals surface area contributed by atoms with Crippen LogP contribution in [0.25, 0.3) is 21.8 Å². The molecular weight excluding hydrogens is 280 g/mol. The fourth-order valence-electron chi connectivity index (χ4n) is 4.34. The Morgan fingerprint density at radius 1 is 0.913 bits per heavy atom. The van der Waals surface area contributed by atoms with Crippen LogP contribution in [0.2, 0.25) is 0 Å². The molecule has 0 aliphatic heterocycles. The Balaban J connectivity index is 1.97. The molecule has 0 bridgehead atoms. The Bertz CT molecular complexity index is 851. The lowest BCUT2D eigenvalue weighted by molar-refractivity contribution is 0.302. The molecule has 1 heterocycles. The molecule has 120 valence electrons. The molecule has 1 aliphatic carbocycles. The van der Waals surface area contributed by atoms with Crippen molar-refractivity contribution in [1.29, 1.82) is 0 Å². The standard InChI is InChI=1S/C21H26N2/c1-15(2)23-19-9-5-4-8-17(19)18-14-16(10-11-20(18)23)21(22)12-6-3-7-13-21/h4-5,8-11,14-15H,3,6-7,12-13,22H2,1-2H3.